The van der Waals surface area contributed by atoms with E-state index >= 15 is 0 Å². The number of nitrogens with zero attached hydrogens (tertiary/aromatic N) is 1. The standard InChI is InChI=1S/C15H18N2O2S/c1-15(2,14(16)20)8-5-9-17-12(18)10-6-3-4-7-11(10)13(17)19/h3-4,6-7H,5,8-9H2,1-2H3,(H2,16,20). The minimum absolute atomic E-state index is 0.210. The molecule has 0 bridgehead atoms. The lowest BCUT2D eigenvalue weighted by Gasteiger charge is -2.24. The second-order valence-electron chi connectivity index (χ2n) is 5.66. The molecule has 2 rings (SSSR count). The molecule has 0 spiro atoms. The van der Waals surface area contributed by atoms with Gasteiger partial charge in [0.2, 0.25) is 0 Å². The van der Waals surface area contributed by atoms with E-state index in [0.717, 1.165) is 6.42 Å². The normalized spacial score (nSPS) is 14.6. The van der Waals surface area contributed by atoms with Gasteiger partial charge in [-0.25, -0.2) is 0 Å². The van der Waals surface area contributed by atoms with E-state index in [1.165, 1.54) is 4.90 Å². The molecule has 1 heterocycles. The van der Waals surface area contributed by atoms with Crippen molar-refractivity contribution in [3.8, 4) is 0 Å². The van der Waals surface area contributed by atoms with Crippen molar-refractivity contribution in [3.63, 3.8) is 0 Å². The first kappa shape index (κ1) is 14.7. The number of carbonyl (C=O) groups is 2. The van der Waals surface area contributed by atoms with Crippen molar-refractivity contribution in [2.75, 3.05) is 6.54 Å². The van der Waals surface area contributed by atoms with Crippen LogP contribution in [0.4, 0.5) is 0 Å². The number of nitrogens with two attached hydrogens (primary N) is 1. The highest BCUT2D eigenvalue weighted by atomic mass is 32.1. The van der Waals surface area contributed by atoms with Crippen LogP contribution in [0.1, 0.15) is 47.4 Å². The van der Waals surface area contributed by atoms with E-state index in [1.54, 1.807) is 24.3 Å². The Labute approximate surface area is 123 Å². The van der Waals surface area contributed by atoms with Crippen molar-refractivity contribution in [1.29, 1.82) is 0 Å². The molecule has 1 aromatic carbocycles. The smallest absolute Gasteiger partial charge is 0.261 e. The number of hydrogen-bond donors (Lipinski definition) is 1. The predicted octanol–water partition coefficient (Wildman–Crippen LogP) is 2.38. The van der Waals surface area contributed by atoms with E-state index in [0.29, 0.717) is 29.1 Å². The number of thiocarbonyl (C=S) groups is 1. The first-order valence-corrected chi connectivity index (χ1v) is 7.00. The predicted molar refractivity (Wildman–Crippen MR) is 81.6 cm³/mol. The Balaban J connectivity index is 2.01. The van der Waals surface area contributed by atoms with Crippen molar-refractivity contribution < 1.29 is 9.59 Å². The number of amides is 2. The largest absolute Gasteiger partial charge is 0.393 e. The summed E-state index contributed by atoms with van der Waals surface area (Å²) in [4.78, 5) is 26.1. The van der Waals surface area contributed by atoms with E-state index in [2.05, 4.69) is 0 Å². The van der Waals surface area contributed by atoms with Gasteiger partial charge in [-0.1, -0.05) is 38.2 Å². The molecule has 0 unspecified atom stereocenters. The average Bonchev–Trinajstić information content (AvgIpc) is 2.64. The Morgan fingerprint density at radius 2 is 1.70 bits per heavy atom. The molecule has 1 aromatic rings. The highest BCUT2D eigenvalue weighted by Gasteiger charge is 2.35. The Bertz CT molecular complexity index is 546. The van der Waals surface area contributed by atoms with Gasteiger partial charge < -0.3 is 5.73 Å². The molecule has 0 radical (unpaired) electrons. The van der Waals surface area contributed by atoms with Crippen molar-refractivity contribution in [2.45, 2.75) is 26.7 Å². The SMILES string of the molecule is CC(C)(CCCN1C(=O)c2ccccc2C1=O)C(N)=S. The number of hydrogen-bond acceptors (Lipinski definition) is 3. The highest BCUT2D eigenvalue weighted by molar-refractivity contribution is 7.80. The first-order valence-electron chi connectivity index (χ1n) is 6.60. The average molecular weight is 290 g/mol. The molecular weight excluding hydrogens is 272 g/mol. The Hall–Kier alpha value is -1.75. The van der Waals surface area contributed by atoms with Crippen LogP contribution in [-0.2, 0) is 0 Å². The summed E-state index contributed by atoms with van der Waals surface area (Å²) < 4.78 is 0. The minimum atomic E-state index is -0.256. The summed E-state index contributed by atoms with van der Waals surface area (Å²) in [5.41, 5.74) is 6.40. The quantitative estimate of drug-likeness (QED) is 0.668. The second kappa shape index (κ2) is 5.32. The maximum Gasteiger partial charge on any atom is 0.261 e. The zero-order valence-corrected chi connectivity index (χ0v) is 12.5. The minimum Gasteiger partial charge on any atom is -0.393 e. The molecule has 2 N–H and O–H groups in total. The lowest BCUT2D eigenvalue weighted by molar-refractivity contribution is 0.0649. The number of benzene rings is 1. The van der Waals surface area contributed by atoms with Gasteiger partial charge in [-0.15, -0.1) is 0 Å². The van der Waals surface area contributed by atoms with Crippen LogP contribution in [0.25, 0.3) is 0 Å². The zero-order chi connectivity index (χ0) is 14.9. The maximum absolute atomic E-state index is 12.2. The molecule has 0 atom stereocenters. The number of carbonyl (C=O) groups excluding carboxylic acids is 2. The van der Waals surface area contributed by atoms with E-state index in [4.69, 9.17) is 18.0 Å². The molecule has 1 aliphatic heterocycles. The van der Waals surface area contributed by atoms with Crippen LogP contribution in [0.3, 0.4) is 0 Å². The lowest BCUT2D eigenvalue weighted by atomic mass is 9.88. The maximum atomic E-state index is 12.2. The molecule has 2 amide bonds. The highest BCUT2D eigenvalue weighted by Crippen LogP contribution is 2.26. The first-order chi connectivity index (χ1) is 9.34. The summed E-state index contributed by atoms with van der Waals surface area (Å²) in [5.74, 6) is -0.419. The van der Waals surface area contributed by atoms with E-state index in [9.17, 15) is 9.59 Å². The fourth-order valence-electron chi connectivity index (χ4n) is 2.24. The van der Waals surface area contributed by atoms with Gasteiger partial charge in [0.25, 0.3) is 11.8 Å². The molecule has 20 heavy (non-hydrogen) atoms. The summed E-state index contributed by atoms with van der Waals surface area (Å²) in [7, 11) is 0. The van der Waals surface area contributed by atoms with Crippen molar-refractivity contribution >= 4 is 29.0 Å². The molecule has 106 valence electrons. The van der Waals surface area contributed by atoms with Crippen LogP contribution in [0, 0.1) is 5.41 Å². The molecule has 0 fully saturated rings. The zero-order valence-electron chi connectivity index (χ0n) is 11.7. The van der Waals surface area contributed by atoms with Crippen LogP contribution < -0.4 is 5.73 Å². The monoisotopic (exact) mass is 290 g/mol. The van der Waals surface area contributed by atoms with E-state index in [-0.39, 0.29) is 17.2 Å². The Morgan fingerprint density at radius 1 is 1.20 bits per heavy atom. The third-order valence-electron chi connectivity index (χ3n) is 3.73. The van der Waals surface area contributed by atoms with E-state index in [1.807, 2.05) is 13.8 Å². The Morgan fingerprint density at radius 3 is 2.15 bits per heavy atom. The molecule has 0 saturated heterocycles. The van der Waals surface area contributed by atoms with Gasteiger partial charge in [-0.3, -0.25) is 14.5 Å². The lowest BCUT2D eigenvalue weighted by Crippen LogP contribution is -2.34. The van der Waals surface area contributed by atoms with Gasteiger partial charge >= 0.3 is 0 Å². The topological polar surface area (TPSA) is 63.4 Å². The second-order valence-corrected chi connectivity index (χ2v) is 6.10. The van der Waals surface area contributed by atoms with Crippen molar-refractivity contribution in [3.05, 3.63) is 35.4 Å². The van der Waals surface area contributed by atoms with E-state index < -0.39 is 0 Å². The summed E-state index contributed by atoms with van der Waals surface area (Å²) in [5, 5.41) is 0. The van der Waals surface area contributed by atoms with Crippen molar-refractivity contribution in [2.24, 2.45) is 11.1 Å². The van der Waals surface area contributed by atoms with Crippen LogP contribution in [0.2, 0.25) is 0 Å². The summed E-state index contributed by atoms with van der Waals surface area (Å²) in [6, 6.07) is 6.91. The summed E-state index contributed by atoms with van der Waals surface area (Å²) >= 11 is 5.01. The Kier molecular flexibility index (Phi) is 3.90. The fraction of sp³-hybridized carbons (Fsp3) is 0.400. The molecule has 1 aliphatic rings. The molecule has 0 saturated carbocycles. The third kappa shape index (κ3) is 2.58. The van der Waals surface area contributed by atoms with Gasteiger partial charge in [-0.2, -0.15) is 0 Å². The summed E-state index contributed by atoms with van der Waals surface area (Å²) in [6.07, 6.45) is 1.44. The molecule has 0 aromatic heterocycles. The van der Waals surface area contributed by atoms with Crippen molar-refractivity contribution in [1.82, 2.24) is 4.90 Å². The van der Waals surface area contributed by atoms with Gasteiger partial charge in [0, 0.05) is 12.0 Å². The van der Waals surface area contributed by atoms with Crippen LogP contribution >= 0.6 is 12.2 Å². The van der Waals surface area contributed by atoms with Crippen LogP contribution in [-0.4, -0.2) is 28.2 Å². The van der Waals surface area contributed by atoms with Crippen LogP contribution in [0.15, 0.2) is 24.3 Å². The molecule has 4 nitrogen and oxygen atoms in total. The molecule has 0 aliphatic carbocycles. The van der Waals surface area contributed by atoms with Gasteiger partial charge in [0.15, 0.2) is 0 Å². The third-order valence-corrected chi connectivity index (χ3v) is 4.28. The number of imide groups is 1. The van der Waals surface area contributed by atoms with Gasteiger partial charge in [-0.05, 0) is 25.0 Å². The van der Waals surface area contributed by atoms with Gasteiger partial charge in [0.1, 0.15) is 0 Å². The van der Waals surface area contributed by atoms with Crippen LogP contribution in [0.5, 0.6) is 0 Å². The number of fused-ring (bicyclic) bond motifs is 1. The number of rotatable bonds is 5. The fourth-order valence-corrected chi connectivity index (χ4v) is 2.35. The van der Waals surface area contributed by atoms with Gasteiger partial charge in [0.05, 0.1) is 16.1 Å². The molecule has 5 heteroatoms. The summed E-state index contributed by atoms with van der Waals surface area (Å²) in [6.45, 7) is 4.34. The molecular formula is C15H18N2O2S.